The Hall–Kier alpha value is -1.80. The minimum Gasteiger partial charge on any atom is -0.378 e. The third-order valence-corrected chi connectivity index (χ3v) is 6.73. The van der Waals surface area contributed by atoms with Gasteiger partial charge < -0.3 is 14.5 Å². The van der Waals surface area contributed by atoms with E-state index < -0.39 is 10.0 Å². The van der Waals surface area contributed by atoms with Gasteiger partial charge in [0.2, 0.25) is 0 Å². The van der Waals surface area contributed by atoms with Crippen molar-refractivity contribution in [2.75, 3.05) is 62.7 Å². The zero-order valence-corrected chi connectivity index (χ0v) is 17.8. The number of likely N-dealkylation sites (N-methyl/N-ethyl adjacent to an activating group) is 1. The van der Waals surface area contributed by atoms with Gasteiger partial charge >= 0.3 is 0 Å². The van der Waals surface area contributed by atoms with Gasteiger partial charge in [-0.1, -0.05) is 23.7 Å². The van der Waals surface area contributed by atoms with E-state index in [1.807, 2.05) is 43.3 Å². The third kappa shape index (κ3) is 4.78. The standard InChI is InChI=1S/C20H26ClN3O3S/c1-22(2)11-12-24(28(25,26)18-9-7-17(21)8-10-18)20-6-4-3-5-19(20)23-13-15-27-16-14-23/h3-10H,11-16H2,1-2H3. The quantitative estimate of drug-likeness (QED) is 0.685. The molecule has 1 aliphatic heterocycles. The average molecular weight is 424 g/mol. The van der Waals surface area contributed by atoms with E-state index in [0.717, 1.165) is 18.8 Å². The molecule has 3 rings (SSSR count). The predicted molar refractivity (Wildman–Crippen MR) is 114 cm³/mol. The van der Waals surface area contributed by atoms with Crippen LogP contribution in [0.1, 0.15) is 0 Å². The van der Waals surface area contributed by atoms with E-state index in [2.05, 4.69) is 4.90 Å². The fraction of sp³-hybridized carbons (Fsp3) is 0.400. The number of rotatable bonds is 7. The van der Waals surface area contributed by atoms with Crippen LogP contribution in [-0.2, 0) is 14.8 Å². The number of ether oxygens (including phenoxy) is 1. The number of benzene rings is 2. The highest BCUT2D eigenvalue weighted by Gasteiger charge is 2.28. The minimum absolute atomic E-state index is 0.229. The third-order valence-electron chi connectivity index (χ3n) is 4.65. The molecule has 0 atom stereocenters. The van der Waals surface area contributed by atoms with Crippen LogP contribution in [0, 0.1) is 0 Å². The smallest absolute Gasteiger partial charge is 0.264 e. The van der Waals surface area contributed by atoms with Crippen LogP contribution < -0.4 is 9.21 Å². The maximum atomic E-state index is 13.5. The van der Waals surface area contributed by atoms with Gasteiger partial charge in [0.15, 0.2) is 0 Å². The van der Waals surface area contributed by atoms with Gasteiger partial charge in [-0.3, -0.25) is 4.31 Å². The highest BCUT2D eigenvalue weighted by atomic mass is 35.5. The summed E-state index contributed by atoms with van der Waals surface area (Å²) in [7, 11) is 0.125. The maximum absolute atomic E-state index is 13.5. The van der Waals surface area contributed by atoms with Crippen LogP contribution in [0.3, 0.4) is 0 Å². The fourth-order valence-corrected chi connectivity index (χ4v) is 4.74. The van der Waals surface area contributed by atoms with Crippen molar-refractivity contribution < 1.29 is 13.2 Å². The van der Waals surface area contributed by atoms with Crippen LogP contribution in [0.15, 0.2) is 53.4 Å². The van der Waals surface area contributed by atoms with E-state index in [4.69, 9.17) is 16.3 Å². The molecular weight excluding hydrogens is 398 g/mol. The summed E-state index contributed by atoms with van der Waals surface area (Å²) >= 11 is 5.95. The molecule has 1 heterocycles. The molecule has 0 radical (unpaired) electrons. The van der Waals surface area contributed by atoms with Crippen molar-refractivity contribution in [2.24, 2.45) is 0 Å². The second-order valence-corrected chi connectivity index (χ2v) is 9.22. The molecule has 1 saturated heterocycles. The molecule has 28 heavy (non-hydrogen) atoms. The van der Waals surface area contributed by atoms with Crippen molar-refractivity contribution in [1.82, 2.24) is 4.90 Å². The van der Waals surface area contributed by atoms with Gasteiger partial charge in [0.05, 0.1) is 29.5 Å². The van der Waals surface area contributed by atoms with Crippen LogP contribution in [0.4, 0.5) is 11.4 Å². The molecule has 0 aliphatic carbocycles. The first-order valence-corrected chi connectivity index (χ1v) is 11.1. The normalized spacial score (nSPS) is 15.1. The van der Waals surface area contributed by atoms with Gasteiger partial charge in [-0.25, -0.2) is 8.42 Å². The van der Waals surface area contributed by atoms with Gasteiger partial charge in [-0.05, 0) is 50.5 Å². The minimum atomic E-state index is -3.74. The summed E-state index contributed by atoms with van der Waals surface area (Å²) in [6, 6.07) is 14.0. The van der Waals surface area contributed by atoms with Crippen molar-refractivity contribution in [3.63, 3.8) is 0 Å². The number of para-hydroxylation sites is 2. The van der Waals surface area contributed by atoms with Crippen molar-refractivity contribution >= 4 is 33.0 Å². The predicted octanol–water partition coefficient (Wildman–Crippen LogP) is 2.93. The number of anilines is 2. The van der Waals surface area contributed by atoms with E-state index in [-0.39, 0.29) is 4.90 Å². The summed E-state index contributed by atoms with van der Waals surface area (Å²) in [5.41, 5.74) is 1.59. The average Bonchev–Trinajstić information content (AvgIpc) is 2.69. The molecule has 6 nitrogen and oxygen atoms in total. The Morgan fingerprint density at radius 1 is 1.00 bits per heavy atom. The molecule has 0 bridgehead atoms. The summed E-state index contributed by atoms with van der Waals surface area (Å²) in [6.07, 6.45) is 0. The Morgan fingerprint density at radius 3 is 2.29 bits per heavy atom. The second kappa shape index (κ2) is 9.13. The summed E-state index contributed by atoms with van der Waals surface area (Å²) in [4.78, 5) is 4.38. The van der Waals surface area contributed by atoms with Crippen LogP contribution in [0.2, 0.25) is 5.02 Å². The summed E-state index contributed by atoms with van der Waals surface area (Å²) in [5.74, 6) is 0. The Kier molecular flexibility index (Phi) is 6.82. The summed E-state index contributed by atoms with van der Waals surface area (Å²) < 4.78 is 34.0. The zero-order valence-electron chi connectivity index (χ0n) is 16.2. The Bertz CT molecular complexity index is 882. The highest BCUT2D eigenvalue weighted by Crippen LogP contribution is 2.33. The fourth-order valence-electron chi connectivity index (χ4n) is 3.14. The number of hydrogen-bond acceptors (Lipinski definition) is 5. The SMILES string of the molecule is CN(C)CCN(c1ccccc1N1CCOCC1)S(=O)(=O)c1ccc(Cl)cc1. The molecule has 0 aromatic heterocycles. The van der Waals surface area contributed by atoms with Crippen LogP contribution in [0.25, 0.3) is 0 Å². The lowest BCUT2D eigenvalue weighted by Gasteiger charge is -2.34. The highest BCUT2D eigenvalue weighted by molar-refractivity contribution is 7.92. The molecule has 0 unspecified atom stereocenters. The molecule has 0 spiro atoms. The lowest BCUT2D eigenvalue weighted by molar-refractivity contribution is 0.123. The molecule has 0 N–H and O–H groups in total. The van der Waals surface area contributed by atoms with E-state index in [1.54, 1.807) is 24.3 Å². The first kappa shape index (κ1) is 20.9. The Labute approximate surface area is 172 Å². The van der Waals surface area contributed by atoms with Gasteiger partial charge in [0, 0.05) is 31.2 Å². The lowest BCUT2D eigenvalue weighted by atomic mass is 10.2. The molecule has 2 aromatic rings. The first-order chi connectivity index (χ1) is 13.4. The Balaban J connectivity index is 2.04. The topological polar surface area (TPSA) is 53.1 Å². The Morgan fingerprint density at radius 2 is 1.64 bits per heavy atom. The number of nitrogens with zero attached hydrogens (tertiary/aromatic N) is 3. The van der Waals surface area contributed by atoms with Gasteiger partial charge in [0.25, 0.3) is 10.0 Å². The van der Waals surface area contributed by atoms with E-state index in [9.17, 15) is 8.42 Å². The lowest BCUT2D eigenvalue weighted by Crippen LogP contribution is -2.40. The van der Waals surface area contributed by atoms with Crippen molar-refractivity contribution in [3.8, 4) is 0 Å². The van der Waals surface area contributed by atoms with Crippen molar-refractivity contribution in [1.29, 1.82) is 0 Å². The molecule has 8 heteroatoms. The van der Waals surface area contributed by atoms with Crippen LogP contribution in [-0.4, -0.2) is 66.8 Å². The molecule has 2 aromatic carbocycles. The van der Waals surface area contributed by atoms with E-state index >= 15 is 0 Å². The number of morpholine rings is 1. The molecule has 152 valence electrons. The van der Waals surface area contributed by atoms with Crippen LogP contribution >= 0.6 is 11.6 Å². The molecule has 0 amide bonds. The number of halogens is 1. The molecule has 1 aliphatic rings. The largest absolute Gasteiger partial charge is 0.378 e. The number of sulfonamides is 1. The molecule has 1 fully saturated rings. The van der Waals surface area contributed by atoms with E-state index in [1.165, 1.54) is 4.31 Å². The van der Waals surface area contributed by atoms with Gasteiger partial charge in [0.1, 0.15) is 0 Å². The summed E-state index contributed by atoms with van der Waals surface area (Å²) in [6.45, 7) is 3.69. The zero-order chi connectivity index (χ0) is 20.1. The van der Waals surface area contributed by atoms with Gasteiger partial charge in [-0.15, -0.1) is 0 Å². The van der Waals surface area contributed by atoms with Gasteiger partial charge in [-0.2, -0.15) is 0 Å². The number of hydrogen-bond donors (Lipinski definition) is 0. The van der Waals surface area contributed by atoms with Crippen molar-refractivity contribution in [3.05, 3.63) is 53.6 Å². The second-order valence-electron chi connectivity index (χ2n) is 6.92. The van der Waals surface area contributed by atoms with Crippen molar-refractivity contribution in [2.45, 2.75) is 4.90 Å². The summed E-state index contributed by atoms with van der Waals surface area (Å²) in [5, 5.41) is 0.507. The molecule has 0 saturated carbocycles. The monoisotopic (exact) mass is 423 g/mol. The molecular formula is C20H26ClN3O3S. The first-order valence-electron chi connectivity index (χ1n) is 9.24. The van der Waals surface area contributed by atoms with E-state index in [0.29, 0.717) is 37.0 Å². The van der Waals surface area contributed by atoms with Crippen LogP contribution in [0.5, 0.6) is 0 Å². The maximum Gasteiger partial charge on any atom is 0.264 e.